The smallest absolute Gasteiger partial charge is 0.303 e. The normalized spacial score (nSPS) is 19.4. The molecular formula is C22H27N3O3. The molecule has 0 unspecified atom stereocenters. The number of carbonyl (C=O) groups excluding carboxylic acids is 1. The van der Waals surface area contributed by atoms with E-state index in [1.54, 1.807) is 6.92 Å². The van der Waals surface area contributed by atoms with Crippen molar-refractivity contribution in [3.63, 3.8) is 0 Å². The number of carbonyl (C=O) groups is 2. The number of amides is 1. The van der Waals surface area contributed by atoms with Crippen molar-refractivity contribution in [3.05, 3.63) is 46.9 Å². The number of carboxylic acid groups (broad SMARTS) is 1. The first-order chi connectivity index (χ1) is 13.4. The van der Waals surface area contributed by atoms with Crippen molar-refractivity contribution < 1.29 is 14.7 Å². The van der Waals surface area contributed by atoms with Crippen LogP contribution in [-0.4, -0.2) is 27.0 Å². The minimum atomic E-state index is -0.700. The van der Waals surface area contributed by atoms with E-state index < -0.39 is 11.9 Å². The second-order valence-electron chi connectivity index (χ2n) is 7.61. The number of aliphatic carboxylic acids is 1. The van der Waals surface area contributed by atoms with Gasteiger partial charge in [0.15, 0.2) is 0 Å². The van der Waals surface area contributed by atoms with Crippen LogP contribution < -0.4 is 5.73 Å². The molecule has 1 aromatic heterocycles. The van der Waals surface area contributed by atoms with E-state index in [9.17, 15) is 9.59 Å². The summed E-state index contributed by atoms with van der Waals surface area (Å²) in [5, 5.41) is 8.96. The Morgan fingerprint density at radius 2 is 1.75 bits per heavy atom. The van der Waals surface area contributed by atoms with Gasteiger partial charge in [0.1, 0.15) is 5.69 Å². The Labute approximate surface area is 165 Å². The lowest BCUT2D eigenvalue weighted by Crippen LogP contribution is -2.17. The molecule has 0 aliphatic heterocycles. The van der Waals surface area contributed by atoms with Gasteiger partial charge >= 0.3 is 5.97 Å². The molecule has 3 N–H and O–H groups in total. The van der Waals surface area contributed by atoms with Crippen LogP contribution >= 0.6 is 0 Å². The van der Waals surface area contributed by atoms with Crippen LogP contribution in [0.2, 0.25) is 0 Å². The minimum absolute atomic E-state index is 0.216. The van der Waals surface area contributed by atoms with Gasteiger partial charge in [0.25, 0.3) is 5.91 Å². The first-order valence-corrected chi connectivity index (χ1v) is 9.88. The first kappa shape index (κ1) is 20.0. The summed E-state index contributed by atoms with van der Waals surface area (Å²) in [6.07, 6.45) is 4.97. The van der Waals surface area contributed by atoms with Crippen molar-refractivity contribution in [2.75, 3.05) is 0 Å². The maximum absolute atomic E-state index is 11.6. The third kappa shape index (κ3) is 4.38. The summed E-state index contributed by atoms with van der Waals surface area (Å²) in [6.45, 7) is 3.76. The second-order valence-corrected chi connectivity index (χ2v) is 7.61. The van der Waals surface area contributed by atoms with Crippen LogP contribution in [0.15, 0.2) is 24.3 Å². The summed E-state index contributed by atoms with van der Waals surface area (Å²) < 4.78 is 0. The molecule has 0 bridgehead atoms. The Hall–Kier alpha value is -2.76. The third-order valence-electron chi connectivity index (χ3n) is 5.68. The van der Waals surface area contributed by atoms with Gasteiger partial charge in [-0.15, -0.1) is 0 Å². The van der Waals surface area contributed by atoms with Crippen LogP contribution in [-0.2, 0) is 11.2 Å². The Morgan fingerprint density at radius 3 is 2.29 bits per heavy atom. The Balaban J connectivity index is 1.79. The van der Waals surface area contributed by atoms with Gasteiger partial charge in [0, 0.05) is 12.0 Å². The molecule has 6 heteroatoms. The van der Waals surface area contributed by atoms with E-state index in [1.807, 2.05) is 19.1 Å². The minimum Gasteiger partial charge on any atom is -0.481 e. The van der Waals surface area contributed by atoms with Gasteiger partial charge in [-0.3, -0.25) is 14.6 Å². The Morgan fingerprint density at radius 1 is 1.11 bits per heavy atom. The van der Waals surface area contributed by atoms with Crippen LogP contribution in [0.5, 0.6) is 0 Å². The molecule has 1 aromatic carbocycles. The molecule has 0 spiro atoms. The molecule has 1 heterocycles. The maximum atomic E-state index is 11.6. The van der Waals surface area contributed by atoms with Crippen LogP contribution in [0.1, 0.15) is 72.4 Å². The summed E-state index contributed by atoms with van der Waals surface area (Å²) in [6, 6.07) is 8.29. The lowest BCUT2D eigenvalue weighted by atomic mass is 9.77. The fourth-order valence-electron chi connectivity index (χ4n) is 4.14. The molecule has 1 amide bonds. The molecule has 1 aliphatic carbocycles. The number of nitrogens with two attached hydrogens (primary N) is 1. The summed E-state index contributed by atoms with van der Waals surface area (Å²) in [7, 11) is 0. The van der Waals surface area contributed by atoms with Gasteiger partial charge in [-0.25, -0.2) is 4.98 Å². The zero-order chi connectivity index (χ0) is 20.3. The highest BCUT2D eigenvalue weighted by molar-refractivity contribution is 5.92. The number of hydrogen-bond donors (Lipinski definition) is 2. The van der Waals surface area contributed by atoms with Crippen molar-refractivity contribution >= 4 is 11.9 Å². The molecule has 6 nitrogen and oxygen atoms in total. The quantitative estimate of drug-likeness (QED) is 0.790. The van der Waals surface area contributed by atoms with E-state index in [-0.39, 0.29) is 12.1 Å². The third-order valence-corrected chi connectivity index (χ3v) is 5.68. The lowest BCUT2D eigenvalue weighted by Gasteiger charge is -2.28. The summed E-state index contributed by atoms with van der Waals surface area (Å²) in [5.74, 6) is -0.497. The predicted molar refractivity (Wildman–Crippen MR) is 107 cm³/mol. The molecule has 0 atom stereocenters. The molecule has 148 valence electrons. The number of hydrogen-bond acceptors (Lipinski definition) is 4. The maximum Gasteiger partial charge on any atom is 0.303 e. The lowest BCUT2D eigenvalue weighted by molar-refractivity contribution is -0.138. The number of aromatic nitrogens is 2. The van der Waals surface area contributed by atoms with Crippen LogP contribution in [0, 0.1) is 12.8 Å². The zero-order valence-electron chi connectivity index (χ0n) is 16.4. The summed E-state index contributed by atoms with van der Waals surface area (Å²) in [4.78, 5) is 31.6. The van der Waals surface area contributed by atoms with E-state index in [1.165, 1.54) is 5.56 Å². The van der Waals surface area contributed by atoms with Crippen molar-refractivity contribution in [1.82, 2.24) is 9.97 Å². The van der Waals surface area contributed by atoms with Gasteiger partial charge in [0.2, 0.25) is 0 Å². The number of rotatable bonds is 6. The summed E-state index contributed by atoms with van der Waals surface area (Å²) in [5.41, 5.74) is 9.97. The van der Waals surface area contributed by atoms with Crippen molar-refractivity contribution in [2.45, 2.75) is 58.3 Å². The van der Waals surface area contributed by atoms with Gasteiger partial charge < -0.3 is 10.8 Å². The fraction of sp³-hybridized carbons (Fsp3) is 0.455. The Kier molecular flexibility index (Phi) is 6.07. The van der Waals surface area contributed by atoms with Crippen molar-refractivity contribution in [3.8, 4) is 11.3 Å². The van der Waals surface area contributed by atoms with Crippen molar-refractivity contribution in [2.24, 2.45) is 11.7 Å². The highest BCUT2D eigenvalue weighted by Crippen LogP contribution is 2.37. The van der Waals surface area contributed by atoms with Gasteiger partial charge in [-0.1, -0.05) is 31.2 Å². The van der Waals surface area contributed by atoms with E-state index in [4.69, 9.17) is 10.8 Å². The topological polar surface area (TPSA) is 106 Å². The van der Waals surface area contributed by atoms with E-state index in [0.717, 1.165) is 43.4 Å². The first-order valence-electron chi connectivity index (χ1n) is 9.88. The van der Waals surface area contributed by atoms with Crippen LogP contribution in [0.25, 0.3) is 11.3 Å². The fourth-order valence-corrected chi connectivity index (χ4v) is 4.14. The highest BCUT2D eigenvalue weighted by atomic mass is 16.4. The van der Waals surface area contributed by atoms with Gasteiger partial charge in [-0.2, -0.15) is 0 Å². The van der Waals surface area contributed by atoms with E-state index in [0.29, 0.717) is 23.2 Å². The highest BCUT2D eigenvalue weighted by Gasteiger charge is 2.24. The molecule has 1 fully saturated rings. The van der Waals surface area contributed by atoms with Gasteiger partial charge in [0.05, 0.1) is 17.1 Å². The Bertz CT molecular complexity index is 869. The largest absolute Gasteiger partial charge is 0.481 e. The number of primary amides is 1. The standard InChI is InChI=1S/C22H27N3O3/c1-3-18-21(25-20(22(23)28)13(2)24-18)17-10-8-16(9-11-17)15-6-4-14(5-7-15)12-19(26)27/h8-11,14-15H,3-7,12H2,1-2H3,(H2,23,28)(H,26,27)/t14-,15+. The molecular weight excluding hydrogens is 354 g/mol. The number of aryl methyl sites for hydroxylation is 2. The monoisotopic (exact) mass is 381 g/mol. The molecule has 0 saturated heterocycles. The summed E-state index contributed by atoms with van der Waals surface area (Å²) >= 11 is 0. The average molecular weight is 381 g/mol. The molecule has 1 saturated carbocycles. The molecule has 0 radical (unpaired) electrons. The number of carboxylic acids is 1. The molecule has 1 aliphatic rings. The SMILES string of the molecule is CCc1nc(C)c(C(N)=O)nc1-c1ccc([C@H]2CC[C@@H](CC(=O)O)CC2)cc1. The van der Waals surface area contributed by atoms with Gasteiger partial charge in [-0.05, 0) is 56.4 Å². The molecule has 3 rings (SSSR count). The number of benzene rings is 1. The molecule has 28 heavy (non-hydrogen) atoms. The number of nitrogens with zero attached hydrogens (tertiary/aromatic N) is 2. The second kappa shape index (κ2) is 8.50. The van der Waals surface area contributed by atoms with E-state index >= 15 is 0 Å². The molecule has 2 aromatic rings. The van der Waals surface area contributed by atoms with Crippen LogP contribution in [0.3, 0.4) is 0 Å². The van der Waals surface area contributed by atoms with Crippen molar-refractivity contribution in [1.29, 1.82) is 0 Å². The zero-order valence-corrected chi connectivity index (χ0v) is 16.4. The average Bonchev–Trinajstić information content (AvgIpc) is 2.68. The van der Waals surface area contributed by atoms with Crippen LogP contribution in [0.4, 0.5) is 0 Å². The predicted octanol–water partition coefficient (Wildman–Crippen LogP) is 3.86. The van der Waals surface area contributed by atoms with E-state index in [2.05, 4.69) is 22.1 Å².